The number of hydrogen-bond donors (Lipinski definition) is 1. The van der Waals surface area contributed by atoms with Crippen molar-refractivity contribution in [2.75, 3.05) is 6.61 Å². The normalized spacial score (nSPS) is 23.8. The van der Waals surface area contributed by atoms with Crippen LogP contribution in [0.5, 0.6) is 0 Å². The number of hydrogen-bond acceptors (Lipinski definition) is 4. The molecule has 1 aromatic heterocycles. The van der Waals surface area contributed by atoms with Gasteiger partial charge in [-0.2, -0.15) is 0 Å². The molecule has 0 bridgehead atoms. The predicted octanol–water partition coefficient (Wildman–Crippen LogP) is 4.70. The van der Waals surface area contributed by atoms with Gasteiger partial charge < -0.3 is 10.5 Å². The number of benzene rings is 1. The molecule has 4 nitrogen and oxygen atoms in total. The average molecular weight is 416 g/mol. The molecule has 0 saturated heterocycles. The fourth-order valence-electron chi connectivity index (χ4n) is 3.25. The lowest BCUT2D eigenvalue weighted by molar-refractivity contribution is -0.214. The maximum absolute atomic E-state index is 15.4. The van der Waals surface area contributed by atoms with Crippen LogP contribution in [0.2, 0.25) is 5.02 Å². The summed E-state index contributed by atoms with van der Waals surface area (Å²) in [4.78, 5) is 7.74. The molecule has 0 saturated carbocycles. The number of aromatic nitrogens is 1. The summed E-state index contributed by atoms with van der Waals surface area (Å²) in [6.07, 6.45) is 2.63. The molecule has 3 rings (SSSR count). The third-order valence-corrected chi connectivity index (χ3v) is 5.12. The quantitative estimate of drug-likeness (QED) is 0.723. The molecule has 0 amide bonds. The Bertz CT molecular complexity index is 964. The van der Waals surface area contributed by atoms with Crippen molar-refractivity contribution < 1.29 is 22.3 Å². The van der Waals surface area contributed by atoms with Gasteiger partial charge in [0.25, 0.3) is 0 Å². The highest BCUT2D eigenvalue weighted by atomic mass is 35.5. The largest absolute Gasteiger partial charge is 0.385 e. The van der Waals surface area contributed by atoms with E-state index in [0.717, 1.165) is 13.0 Å². The van der Waals surface area contributed by atoms with Crippen molar-refractivity contribution in [3.63, 3.8) is 0 Å². The Hall–Kier alpha value is -2.19. The monoisotopic (exact) mass is 415 g/mol. The Kier molecular flexibility index (Phi) is 4.92. The molecule has 0 spiro atoms. The number of nitrogens with zero attached hydrogens (tertiary/aromatic N) is 2. The fraction of sp³-hybridized carbons (Fsp3) is 0.368. The lowest BCUT2D eigenvalue weighted by atomic mass is 9.77. The third-order valence-electron chi connectivity index (χ3n) is 4.91. The summed E-state index contributed by atoms with van der Waals surface area (Å²) in [6.45, 7) is 3.05. The van der Waals surface area contributed by atoms with Crippen LogP contribution in [-0.2, 0) is 10.3 Å². The molecule has 1 atom stereocenters. The molecule has 0 radical (unpaired) electrons. The molecular formula is C19H18ClF4N3O. The molecule has 2 N–H and O–H groups in total. The van der Waals surface area contributed by atoms with E-state index in [0.29, 0.717) is 6.07 Å². The van der Waals surface area contributed by atoms with Crippen molar-refractivity contribution in [2.24, 2.45) is 10.7 Å². The van der Waals surface area contributed by atoms with E-state index in [1.54, 1.807) is 0 Å². The Morgan fingerprint density at radius 1 is 1.07 bits per heavy atom. The van der Waals surface area contributed by atoms with Gasteiger partial charge in [-0.1, -0.05) is 11.6 Å². The second-order valence-electron chi connectivity index (χ2n) is 7.25. The van der Waals surface area contributed by atoms with Crippen molar-refractivity contribution in [3.05, 3.63) is 52.8 Å². The van der Waals surface area contributed by atoms with E-state index in [9.17, 15) is 8.78 Å². The Morgan fingerprint density at radius 3 is 2.39 bits per heavy atom. The molecule has 2 heterocycles. The van der Waals surface area contributed by atoms with Gasteiger partial charge in [-0.05, 0) is 32.9 Å². The van der Waals surface area contributed by atoms with Crippen LogP contribution < -0.4 is 5.73 Å². The third kappa shape index (κ3) is 3.14. The van der Waals surface area contributed by atoms with Crippen molar-refractivity contribution in [1.82, 2.24) is 4.98 Å². The van der Waals surface area contributed by atoms with Crippen molar-refractivity contribution >= 4 is 17.4 Å². The molecule has 2 aromatic rings. The molecular weight excluding hydrogens is 398 g/mol. The van der Waals surface area contributed by atoms with E-state index in [2.05, 4.69) is 9.98 Å². The first-order valence-corrected chi connectivity index (χ1v) is 8.73. The maximum atomic E-state index is 15.4. The maximum Gasteiger partial charge on any atom is 0.304 e. The minimum atomic E-state index is -3.68. The zero-order valence-corrected chi connectivity index (χ0v) is 16.1. The zero-order valence-electron chi connectivity index (χ0n) is 15.4. The number of aliphatic imine (C=N–C) groups is 1. The summed E-state index contributed by atoms with van der Waals surface area (Å²) < 4.78 is 65.3. The highest BCUT2D eigenvalue weighted by molar-refractivity contribution is 6.30. The number of halogens is 5. The highest BCUT2D eigenvalue weighted by Gasteiger charge is 2.64. The van der Waals surface area contributed by atoms with Crippen molar-refractivity contribution in [1.29, 1.82) is 0 Å². The average Bonchev–Trinajstić information content (AvgIpc) is 2.64. The van der Waals surface area contributed by atoms with Crippen LogP contribution in [0.25, 0.3) is 11.1 Å². The standard InChI is InChI=1S/C19H18ClF4N3O/c1-17(2)19(23,24)18(3,27-16(25)9-28-17)13-5-12(14(21)6-15(13)22)10-4-11(20)8-26-7-10/h4-8H,9H2,1-3H3,(H2,25,27). The summed E-state index contributed by atoms with van der Waals surface area (Å²) in [5, 5.41) is 0.214. The topological polar surface area (TPSA) is 60.5 Å². The van der Waals surface area contributed by atoms with Crippen LogP contribution in [0.1, 0.15) is 26.3 Å². The summed E-state index contributed by atoms with van der Waals surface area (Å²) >= 11 is 5.88. The van der Waals surface area contributed by atoms with Crippen LogP contribution in [0.3, 0.4) is 0 Å². The number of amidine groups is 1. The van der Waals surface area contributed by atoms with Gasteiger partial charge in [0, 0.05) is 35.2 Å². The van der Waals surface area contributed by atoms with Gasteiger partial charge >= 0.3 is 5.92 Å². The van der Waals surface area contributed by atoms with E-state index in [1.165, 1.54) is 32.3 Å². The minimum Gasteiger partial charge on any atom is -0.385 e. The summed E-state index contributed by atoms with van der Waals surface area (Å²) in [5.41, 5.74) is 0.814. The van der Waals surface area contributed by atoms with E-state index in [-0.39, 0.29) is 28.6 Å². The lowest BCUT2D eigenvalue weighted by Gasteiger charge is -2.42. The molecule has 1 aromatic carbocycles. The van der Waals surface area contributed by atoms with E-state index in [4.69, 9.17) is 22.1 Å². The van der Waals surface area contributed by atoms with Gasteiger partial charge in [-0.3, -0.25) is 9.98 Å². The smallest absolute Gasteiger partial charge is 0.304 e. The Labute approximate surface area is 164 Å². The highest BCUT2D eigenvalue weighted by Crippen LogP contribution is 2.51. The molecule has 1 unspecified atom stereocenters. The van der Waals surface area contributed by atoms with Gasteiger partial charge in [-0.25, -0.2) is 17.6 Å². The molecule has 9 heteroatoms. The van der Waals surface area contributed by atoms with Crippen LogP contribution in [-0.4, -0.2) is 29.0 Å². The van der Waals surface area contributed by atoms with E-state index < -0.39 is 34.3 Å². The SMILES string of the molecule is CC1(C)OCC(N)=NC(C)(c2cc(-c3cncc(Cl)c3)c(F)cc2F)C1(F)F. The van der Waals surface area contributed by atoms with Gasteiger partial charge in [0.15, 0.2) is 5.54 Å². The van der Waals surface area contributed by atoms with Crippen molar-refractivity contribution in [3.8, 4) is 11.1 Å². The van der Waals surface area contributed by atoms with Crippen LogP contribution >= 0.6 is 11.6 Å². The van der Waals surface area contributed by atoms with Crippen molar-refractivity contribution in [2.45, 2.75) is 37.8 Å². The Morgan fingerprint density at radius 2 is 1.75 bits per heavy atom. The number of ether oxygens (including phenoxy) is 1. The first-order chi connectivity index (χ1) is 12.9. The van der Waals surface area contributed by atoms with E-state index in [1.807, 2.05) is 0 Å². The van der Waals surface area contributed by atoms with Crippen LogP contribution in [0, 0.1) is 11.6 Å². The van der Waals surface area contributed by atoms with E-state index >= 15 is 8.78 Å². The minimum absolute atomic E-state index is 0.139. The zero-order chi connectivity index (χ0) is 20.9. The molecule has 28 heavy (non-hydrogen) atoms. The van der Waals surface area contributed by atoms with Gasteiger partial charge in [-0.15, -0.1) is 0 Å². The lowest BCUT2D eigenvalue weighted by Crippen LogP contribution is -2.56. The second-order valence-corrected chi connectivity index (χ2v) is 7.69. The molecule has 0 aliphatic carbocycles. The Balaban J connectivity index is 2.29. The van der Waals surface area contributed by atoms with Gasteiger partial charge in [0.05, 0.1) is 5.02 Å². The number of nitrogens with two attached hydrogens (primary N) is 1. The van der Waals surface area contributed by atoms with Gasteiger partial charge in [0.2, 0.25) is 0 Å². The molecule has 150 valence electrons. The first kappa shape index (κ1) is 20.5. The predicted molar refractivity (Wildman–Crippen MR) is 98.6 cm³/mol. The second kappa shape index (κ2) is 6.70. The molecule has 1 aliphatic heterocycles. The van der Waals surface area contributed by atoms with Gasteiger partial charge in [0.1, 0.15) is 29.7 Å². The molecule has 1 aliphatic rings. The first-order valence-electron chi connectivity index (χ1n) is 8.35. The number of alkyl halides is 2. The molecule has 0 fully saturated rings. The fourth-order valence-corrected chi connectivity index (χ4v) is 3.43. The van der Waals surface area contributed by atoms with Crippen LogP contribution in [0.4, 0.5) is 17.6 Å². The van der Waals surface area contributed by atoms with Crippen LogP contribution in [0.15, 0.2) is 35.6 Å². The summed E-state index contributed by atoms with van der Waals surface area (Å²) in [5.74, 6) is -6.02. The number of rotatable bonds is 2. The summed E-state index contributed by atoms with van der Waals surface area (Å²) in [6, 6.07) is 2.92. The number of pyridine rings is 1. The summed E-state index contributed by atoms with van der Waals surface area (Å²) in [7, 11) is 0.